The second-order valence-corrected chi connectivity index (χ2v) is 13.7. The maximum Gasteiger partial charge on any atom is 0.407 e. The Morgan fingerprint density at radius 2 is 1.36 bits per heavy atom. The minimum Gasteiger partial charge on any atom is -0.451 e. The van der Waals surface area contributed by atoms with Crippen molar-refractivity contribution in [3.63, 3.8) is 0 Å². The van der Waals surface area contributed by atoms with Crippen LogP contribution in [-0.4, -0.2) is 57.0 Å². The molecular formula is C42H42N4O7. The van der Waals surface area contributed by atoms with Crippen LogP contribution in [0.2, 0.25) is 0 Å². The molecule has 11 nitrogen and oxygen atoms in total. The maximum absolute atomic E-state index is 14.0. The Bertz CT molecular complexity index is 1960. The predicted octanol–water partition coefficient (Wildman–Crippen LogP) is 7.33. The van der Waals surface area contributed by atoms with Crippen molar-refractivity contribution in [2.24, 2.45) is 0 Å². The first kappa shape index (κ1) is 36.7. The third kappa shape index (κ3) is 9.43. The first-order valence-corrected chi connectivity index (χ1v) is 17.6. The summed E-state index contributed by atoms with van der Waals surface area (Å²) in [6, 6.07) is 33.1. The number of amides is 3. The van der Waals surface area contributed by atoms with Crippen LogP contribution in [0, 0.1) is 0 Å². The third-order valence-electron chi connectivity index (χ3n) is 8.54. The van der Waals surface area contributed by atoms with Crippen LogP contribution in [0.1, 0.15) is 77.1 Å². The summed E-state index contributed by atoms with van der Waals surface area (Å²) in [7, 11) is 0. The lowest BCUT2D eigenvalue weighted by Gasteiger charge is -2.25. The van der Waals surface area contributed by atoms with E-state index < -0.39 is 41.7 Å². The molecular weight excluding hydrogens is 672 g/mol. The summed E-state index contributed by atoms with van der Waals surface area (Å²) < 4.78 is 13.2. The Labute approximate surface area is 308 Å². The van der Waals surface area contributed by atoms with Crippen LogP contribution in [0.15, 0.2) is 122 Å². The van der Waals surface area contributed by atoms with Crippen LogP contribution in [-0.2, 0) is 32.1 Å². The lowest BCUT2D eigenvalue weighted by Crippen LogP contribution is -2.39. The Morgan fingerprint density at radius 3 is 1.94 bits per heavy atom. The normalized spacial score (nSPS) is 13.2. The second-order valence-electron chi connectivity index (χ2n) is 13.7. The summed E-state index contributed by atoms with van der Waals surface area (Å²) in [6.07, 6.45) is 2.50. The molecule has 3 amide bonds. The fourth-order valence-electron chi connectivity index (χ4n) is 5.92. The van der Waals surface area contributed by atoms with E-state index in [1.807, 2.05) is 117 Å². The Morgan fingerprint density at radius 1 is 0.774 bits per heavy atom. The van der Waals surface area contributed by atoms with Crippen molar-refractivity contribution in [1.82, 2.24) is 20.2 Å². The van der Waals surface area contributed by atoms with Gasteiger partial charge in [0.05, 0.1) is 17.3 Å². The molecule has 1 atom stereocenters. The molecule has 6 rings (SSSR count). The number of hydrogen-bond acceptors (Lipinski definition) is 8. The van der Waals surface area contributed by atoms with Gasteiger partial charge in [-0.3, -0.25) is 14.3 Å². The fraction of sp³-hybridized carbons (Fsp3) is 0.262. The summed E-state index contributed by atoms with van der Waals surface area (Å²) in [5.74, 6) is -1.96. The molecule has 1 aliphatic heterocycles. The number of nitrogens with one attached hydrogen (secondary N) is 1. The summed E-state index contributed by atoms with van der Waals surface area (Å²) in [6.45, 7) is 6.54. The number of esters is 1. The monoisotopic (exact) mass is 714 g/mol. The van der Waals surface area contributed by atoms with Crippen molar-refractivity contribution in [3.8, 4) is 11.1 Å². The van der Waals surface area contributed by atoms with Crippen molar-refractivity contribution in [2.75, 3.05) is 6.54 Å². The van der Waals surface area contributed by atoms with Gasteiger partial charge in [-0.05, 0) is 74.4 Å². The molecule has 0 bridgehead atoms. The highest BCUT2D eigenvalue weighted by Crippen LogP contribution is 2.29. The number of aromatic nitrogens is 2. The number of hydroxylamine groups is 2. The van der Waals surface area contributed by atoms with Gasteiger partial charge in [-0.25, -0.2) is 14.4 Å². The van der Waals surface area contributed by atoms with Gasteiger partial charge in [-0.1, -0.05) is 97.1 Å². The van der Waals surface area contributed by atoms with Gasteiger partial charge in [-0.15, -0.1) is 5.06 Å². The van der Waals surface area contributed by atoms with Gasteiger partial charge in [0.15, 0.2) is 12.2 Å². The van der Waals surface area contributed by atoms with Gasteiger partial charge >= 0.3 is 12.1 Å². The molecule has 1 aromatic heterocycles. The highest BCUT2D eigenvalue weighted by Gasteiger charge is 2.40. The Kier molecular flexibility index (Phi) is 11.4. The van der Waals surface area contributed by atoms with E-state index in [4.69, 9.17) is 14.3 Å². The van der Waals surface area contributed by atoms with Crippen molar-refractivity contribution in [1.29, 1.82) is 0 Å². The number of hydrogen-bond donors (Lipinski definition) is 1. The molecule has 0 radical (unpaired) electrons. The molecule has 2 heterocycles. The maximum atomic E-state index is 14.0. The van der Waals surface area contributed by atoms with Gasteiger partial charge in [-0.2, -0.15) is 5.10 Å². The zero-order valence-corrected chi connectivity index (χ0v) is 29.9. The van der Waals surface area contributed by atoms with Crippen molar-refractivity contribution < 1.29 is 33.5 Å². The zero-order valence-electron chi connectivity index (χ0n) is 29.9. The molecule has 0 fully saturated rings. The number of imide groups is 1. The van der Waals surface area contributed by atoms with Crippen molar-refractivity contribution in [2.45, 2.75) is 64.4 Å². The quantitative estimate of drug-likeness (QED) is 0.0720. The molecule has 4 aromatic carbocycles. The highest BCUT2D eigenvalue weighted by atomic mass is 16.7. The van der Waals surface area contributed by atoms with Gasteiger partial charge in [0.25, 0.3) is 11.8 Å². The molecule has 0 saturated heterocycles. The molecule has 53 heavy (non-hydrogen) atoms. The molecule has 272 valence electrons. The van der Waals surface area contributed by atoms with Crippen LogP contribution in [0.4, 0.5) is 4.79 Å². The number of nitrogens with zero attached hydrogens (tertiary/aromatic N) is 3. The number of carbonyl (C=O) groups is 4. The van der Waals surface area contributed by atoms with E-state index in [9.17, 15) is 19.2 Å². The molecule has 1 N–H and O–H groups in total. The van der Waals surface area contributed by atoms with E-state index >= 15 is 0 Å². The number of aryl methyl sites for hydroxylation is 2. The SMILES string of the molecule is CC(C)(C)OC(=O)NCCCn1cc(-c2ccc(CCC(ON3C(=O)c4ccccc4C3=O)C(=O)OC(c3ccccc3)c3ccccc3)cc2)cn1. The molecule has 0 aliphatic carbocycles. The number of rotatable bonds is 14. The number of ether oxygens (including phenoxy) is 2. The topological polar surface area (TPSA) is 129 Å². The Balaban J connectivity index is 1.13. The van der Waals surface area contributed by atoms with Crippen LogP contribution < -0.4 is 5.32 Å². The minimum atomic E-state index is -1.27. The van der Waals surface area contributed by atoms with E-state index in [1.165, 1.54) is 0 Å². The van der Waals surface area contributed by atoms with Crippen molar-refractivity contribution in [3.05, 3.63) is 149 Å². The van der Waals surface area contributed by atoms with E-state index in [0.717, 1.165) is 27.8 Å². The summed E-state index contributed by atoms with van der Waals surface area (Å²) in [4.78, 5) is 58.3. The summed E-state index contributed by atoms with van der Waals surface area (Å²) in [5, 5.41) is 7.89. The van der Waals surface area contributed by atoms with Gasteiger partial charge < -0.3 is 14.8 Å². The minimum absolute atomic E-state index is 0.136. The number of carbonyl (C=O) groups excluding carboxylic acids is 4. The summed E-state index contributed by atoms with van der Waals surface area (Å²) in [5.41, 5.74) is 4.22. The molecule has 1 unspecified atom stereocenters. The van der Waals surface area contributed by atoms with E-state index in [-0.39, 0.29) is 17.5 Å². The first-order chi connectivity index (χ1) is 25.6. The lowest BCUT2D eigenvalue weighted by atomic mass is 10.0. The number of benzene rings is 4. The smallest absolute Gasteiger partial charge is 0.407 e. The Hall–Kier alpha value is -6.07. The largest absolute Gasteiger partial charge is 0.451 e. The van der Waals surface area contributed by atoms with Crippen LogP contribution in [0.25, 0.3) is 11.1 Å². The molecule has 0 spiro atoms. The van der Waals surface area contributed by atoms with Crippen molar-refractivity contribution >= 4 is 23.9 Å². The lowest BCUT2D eigenvalue weighted by molar-refractivity contribution is -0.184. The number of alkyl carbamates (subject to hydrolysis) is 1. The first-order valence-electron chi connectivity index (χ1n) is 17.6. The summed E-state index contributed by atoms with van der Waals surface area (Å²) >= 11 is 0. The van der Waals surface area contributed by atoms with E-state index in [1.54, 1.807) is 30.5 Å². The van der Waals surface area contributed by atoms with Gasteiger partial charge in [0.2, 0.25) is 0 Å². The molecule has 0 saturated carbocycles. The third-order valence-corrected chi connectivity index (χ3v) is 8.54. The zero-order chi connectivity index (χ0) is 37.4. The van der Waals surface area contributed by atoms with Crippen LogP contribution in [0.3, 0.4) is 0 Å². The molecule has 1 aliphatic rings. The molecule has 11 heteroatoms. The standard InChI is InChI=1S/C42H42N4O7/c1-42(2,3)52-41(50)43-25-12-26-45-28-33(27-44-45)30-22-19-29(20-23-30)21-24-36(53-46-38(47)34-17-10-11-18-35(34)39(46)48)40(49)51-37(31-13-6-4-7-14-31)32-15-8-5-9-16-32/h4-11,13-20,22-23,27-28,36-37H,12,21,24-26H2,1-3H3,(H,43,50). The van der Waals surface area contributed by atoms with Gasteiger partial charge in [0.1, 0.15) is 5.60 Å². The van der Waals surface area contributed by atoms with Crippen LogP contribution in [0.5, 0.6) is 0 Å². The number of fused-ring (bicyclic) bond motifs is 1. The average molecular weight is 715 g/mol. The average Bonchev–Trinajstić information content (AvgIpc) is 3.73. The highest BCUT2D eigenvalue weighted by molar-refractivity contribution is 6.20. The van der Waals surface area contributed by atoms with E-state index in [0.29, 0.717) is 31.0 Å². The van der Waals surface area contributed by atoms with E-state index in [2.05, 4.69) is 10.4 Å². The fourth-order valence-corrected chi connectivity index (χ4v) is 5.92. The predicted molar refractivity (Wildman–Crippen MR) is 197 cm³/mol. The second kappa shape index (κ2) is 16.5. The van der Waals surface area contributed by atoms with Crippen LogP contribution >= 0.6 is 0 Å². The molecule has 5 aromatic rings. The van der Waals surface area contributed by atoms with Gasteiger partial charge in [0, 0.05) is 24.8 Å².